The zero-order valence-corrected chi connectivity index (χ0v) is 17.4. The standard InChI is InChI=1S/C23H23N3O2S/c1-17-7-5-9-18(13-17)23-24-22(28-25-23)16-26(15-20-10-6-12-29-20)14-19-8-3-4-11-21(19)27-2/h3-13H,14-16H2,1-2H3. The molecule has 29 heavy (non-hydrogen) atoms. The van der Waals surface area contributed by atoms with Crippen LogP contribution in [-0.4, -0.2) is 22.2 Å². The normalized spacial score (nSPS) is 11.1. The molecule has 0 aliphatic rings. The largest absolute Gasteiger partial charge is 0.496 e. The Labute approximate surface area is 174 Å². The Morgan fingerprint density at radius 2 is 1.90 bits per heavy atom. The number of benzene rings is 2. The summed E-state index contributed by atoms with van der Waals surface area (Å²) in [4.78, 5) is 8.21. The van der Waals surface area contributed by atoms with Gasteiger partial charge in [-0.2, -0.15) is 4.98 Å². The van der Waals surface area contributed by atoms with E-state index in [2.05, 4.69) is 57.7 Å². The monoisotopic (exact) mass is 405 g/mol. The first-order chi connectivity index (χ1) is 14.2. The lowest BCUT2D eigenvalue weighted by Gasteiger charge is -2.21. The van der Waals surface area contributed by atoms with Gasteiger partial charge in [0.1, 0.15) is 5.75 Å². The Balaban J connectivity index is 1.55. The first-order valence-electron chi connectivity index (χ1n) is 9.47. The van der Waals surface area contributed by atoms with E-state index in [1.807, 2.05) is 30.3 Å². The number of ether oxygens (including phenoxy) is 1. The second kappa shape index (κ2) is 9.03. The van der Waals surface area contributed by atoms with Crippen LogP contribution in [0, 0.1) is 6.92 Å². The van der Waals surface area contributed by atoms with E-state index < -0.39 is 0 Å². The molecule has 0 spiro atoms. The fourth-order valence-electron chi connectivity index (χ4n) is 3.28. The molecule has 2 aromatic carbocycles. The average Bonchev–Trinajstić information content (AvgIpc) is 3.41. The Bertz CT molecular complexity index is 1060. The SMILES string of the molecule is COc1ccccc1CN(Cc1nc(-c2cccc(C)c2)no1)Cc1cccs1. The summed E-state index contributed by atoms with van der Waals surface area (Å²) in [6, 6.07) is 20.4. The van der Waals surface area contributed by atoms with Crippen molar-refractivity contribution in [3.8, 4) is 17.1 Å². The Hall–Kier alpha value is -2.96. The van der Waals surface area contributed by atoms with Gasteiger partial charge in [0.2, 0.25) is 11.7 Å². The van der Waals surface area contributed by atoms with Crippen LogP contribution in [0.3, 0.4) is 0 Å². The Morgan fingerprint density at radius 3 is 2.69 bits per heavy atom. The van der Waals surface area contributed by atoms with Gasteiger partial charge in [0.05, 0.1) is 13.7 Å². The van der Waals surface area contributed by atoms with Crippen LogP contribution in [-0.2, 0) is 19.6 Å². The highest BCUT2D eigenvalue weighted by Crippen LogP contribution is 2.23. The highest BCUT2D eigenvalue weighted by atomic mass is 32.1. The zero-order chi connectivity index (χ0) is 20.1. The van der Waals surface area contributed by atoms with Crippen molar-refractivity contribution in [3.05, 3.63) is 87.9 Å². The van der Waals surface area contributed by atoms with E-state index >= 15 is 0 Å². The van der Waals surface area contributed by atoms with E-state index in [0.29, 0.717) is 18.3 Å². The van der Waals surface area contributed by atoms with Gasteiger partial charge >= 0.3 is 0 Å². The van der Waals surface area contributed by atoms with Crippen molar-refractivity contribution in [1.29, 1.82) is 0 Å². The molecule has 148 valence electrons. The van der Waals surface area contributed by atoms with E-state index in [0.717, 1.165) is 30.0 Å². The molecule has 0 radical (unpaired) electrons. The molecule has 0 unspecified atom stereocenters. The van der Waals surface area contributed by atoms with Crippen LogP contribution >= 0.6 is 11.3 Å². The smallest absolute Gasteiger partial charge is 0.241 e. The van der Waals surface area contributed by atoms with Crippen molar-refractivity contribution in [3.63, 3.8) is 0 Å². The summed E-state index contributed by atoms with van der Waals surface area (Å²) < 4.78 is 11.1. The van der Waals surface area contributed by atoms with Crippen LogP contribution in [0.2, 0.25) is 0 Å². The van der Waals surface area contributed by atoms with Gasteiger partial charge in [0, 0.05) is 29.1 Å². The summed E-state index contributed by atoms with van der Waals surface area (Å²) in [6.45, 7) is 4.15. The fraction of sp³-hybridized carbons (Fsp3) is 0.217. The summed E-state index contributed by atoms with van der Waals surface area (Å²) in [5, 5.41) is 6.28. The maximum absolute atomic E-state index is 5.57. The predicted octanol–water partition coefficient (Wildman–Crippen LogP) is 5.32. The Kier molecular flexibility index (Phi) is 6.03. The molecule has 0 N–H and O–H groups in total. The topological polar surface area (TPSA) is 51.4 Å². The van der Waals surface area contributed by atoms with Crippen molar-refractivity contribution < 1.29 is 9.26 Å². The van der Waals surface area contributed by atoms with Gasteiger partial charge in [-0.3, -0.25) is 4.90 Å². The van der Waals surface area contributed by atoms with E-state index in [1.165, 1.54) is 10.4 Å². The molecule has 0 fully saturated rings. The number of rotatable bonds is 8. The predicted molar refractivity (Wildman–Crippen MR) is 115 cm³/mol. The van der Waals surface area contributed by atoms with Crippen LogP contribution in [0.5, 0.6) is 5.75 Å². The number of aromatic nitrogens is 2. The molecule has 0 bridgehead atoms. The second-order valence-electron chi connectivity index (χ2n) is 6.92. The number of hydrogen-bond acceptors (Lipinski definition) is 6. The van der Waals surface area contributed by atoms with Gasteiger partial charge in [-0.05, 0) is 30.5 Å². The molecule has 0 saturated heterocycles. The maximum Gasteiger partial charge on any atom is 0.241 e. The zero-order valence-electron chi connectivity index (χ0n) is 16.5. The molecule has 0 atom stereocenters. The number of para-hydroxylation sites is 1. The lowest BCUT2D eigenvalue weighted by molar-refractivity contribution is 0.210. The third-order valence-corrected chi connectivity index (χ3v) is 5.51. The molecule has 0 aliphatic heterocycles. The van der Waals surface area contributed by atoms with Crippen LogP contribution in [0.25, 0.3) is 11.4 Å². The van der Waals surface area contributed by atoms with Crippen molar-refractivity contribution >= 4 is 11.3 Å². The van der Waals surface area contributed by atoms with E-state index in [9.17, 15) is 0 Å². The van der Waals surface area contributed by atoms with Crippen LogP contribution in [0.1, 0.15) is 21.9 Å². The van der Waals surface area contributed by atoms with Gasteiger partial charge in [0.15, 0.2) is 0 Å². The second-order valence-corrected chi connectivity index (χ2v) is 7.95. The molecule has 5 nitrogen and oxygen atoms in total. The van der Waals surface area contributed by atoms with Crippen molar-refractivity contribution in [2.45, 2.75) is 26.6 Å². The maximum atomic E-state index is 5.57. The minimum atomic E-state index is 0.564. The molecule has 0 amide bonds. The molecule has 4 aromatic rings. The molecule has 0 saturated carbocycles. The minimum Gasteiger partial charge on any atom is -0.496 e. The van der Waals surface area contributed by atoms with Gasteiger partial charge in [0.25, 0.3) is 0 Å². The van der Waals surface area contributed by atoms with Gasteiger partial charge in [-0.1, -0.05) is 53.2 Å². The van der Waals surface area contributed by atoms with Gasteiger partial charge < -0.3 is 9.26 Å². The van der Waals surface area contributed by atoms with E-state index in [4.69, 9.17) is 9.26 Å². The van der Waals surface area contributed by atoms with Crippen LogP contribution in [0.15, 0.2) is 70.6 Å². The molecule has 6 heteroatoms. The Morgan fingerprint density at radius 1 is 1.00 bits per heavy atom. The quantitative estimate of drug-likeness (QED) is 0.397. The van der Waals surface area contributed by atoms with Gasteiger partial charge in [-0.15, -0.1) is 11.3 Å². The number of aryl methyl sites for hydroxylation is 1. The third-order valence-electron chi connectivity index (χ3n) is 4.65. The fourth-order valence-corrected chi connectivity index (χ4v) is 4.02. The third kappa shape index (κ3) is 4.91. The van der Waals surface area contributed by atoms with E-state index in [1.54, 1.807) is 18.4 Å². The number of nitrogens with zero attached hydrogens (tertiary/aromatic N) is 3. The highest BCUT2D eigenvalue weighted by Gasteiger charge is 2.16. The molecule has 2 heterocycles. The number of hydrogen-bond donors (Lipinski definition) is 0. The highest BCUT2D eigenvalue weighted by molar-refractivity contribution is 7.09. The van der Waals surface area contributed by atoms with Crippen LogP contribution < -0.4 is 4.74 Å². The molecule has 2 aromatic heterocycles. The lowest BCUT2D eigenvalue weighted by atomic mass is 10.1. The molecular formula is C23H23N3O2S. The summed E-state index contributed by atoms with van der Waals surface area (Å²) in [7, 11) is 1.70. The van der Waals surface area contributed by atoms with E-state index in [-0.39, 0.29) is 0 Å². The molecule has 0 aliphatic carbocycles. The first-order valence-corrected chi connectivity index (χ1v) is 10.4. The minimum absolute atomic E-state index is 0.564. The average molecular weight is 406 g/mol. The summed E-state index contributed by atoms with van der Waals surface area (Å²) in [6.07, 6.45) is 0. The molecule has 4 rings (SSSR count). The van der Waals surface area contributed by atoms with Crippen LogP contribution in [0.4, 0.5) is 0 Å². The summed E-state index contributed by atoms with van der Waals surface area (Å²) in [5.74, 6) is 2.11. The number of methoxy groups -OCH3 is 1. The number of thiophene rings is 1. The van der Waals surface area contributed by atoms with Crippen molar-refractivity contribution in [1.82, 2.24) is 15.0 Å². The van der Waals surface area contributed by atoms with Crippen molar-refractivity contribution in [2.75, 3.05) is 7.11 Å². The summed E-state index contributed by atoms with van der Waals surface area (Å²) >= 11 is 1.75. The lowest BCUT2D eigenvalue weighted by Crippen LogP contribution is -2.22. The van der Waals surface area contributed by atoms with Gasteiger partial charge in [-0.25, -0.2) is 0 Å². The summed E-state index contributed by atoms with van der Waals surface area (Å²) in [5.41, 5.74) is 3.27. The first kappa shape index (κ1) is 19.4. The van der Waals surface area contributed by atoms with Crippen molar-refractivity contribution in [2.24, 2.45) is 0 Å². The molecular weight excluding hydrogens is 382 g/mol.